The summed E-state index contributed by atoms with van der Waals surface area (Å²) in [5.41, 5.74) is 0.306. The molecule has 0 spiro atoms. The molecule has 0 saturated heterocycles. The zero-order valence-corrected chi connectivity index (χ0v) is 17.1. The second kappa shape index (κ2) is 8.72. The van der Waals surface area contributed by atoms with Gasteiger partial charge in [0.2, 0.25) is 11.8 Å². The summed E-state index contributed by atoms with van der Waals surface area (Å²) < 4.78 is 1.40. The van der Waals surface area contributed by atoms with Crippen LogP contribution >= 0.6 is 34.5 Å². The van der Waals surface area contributed by atoms with Crippen molar-refractivity contribution in [2.45, 2.75) is 13.0 Å². The van der Waals surface area contributed by atoms with E-state index >= 15 is 0 Å². The minimum Gasteiger partial charge on any atom is -0.336 e. The Morgan fingerprint density at radius 2 is 2.04 bits per heavy atom. The van der Waals surface area contributed by atoms with Crippen LogP contribution in [0.15, 0.2) is 40.8 Å². The Balaban J connectivity index is 1.54. The van der Waals surface area contributed by atoms with Gasteiger partial charge in [-0.05, 0) is 29.6 Å². The third-order valence-electron chi connectivity index (χ3n) is 4.03. The monoisotopic (exact) mass is 438 g/mol. The van der Waals surface area contributed by atoms with Gasteiger partial charge < -0.3 is 10.2 Å². The molecular formula is C18H16Cl2N4O3S. The predicted octanol–water partition coefficient (Wildman–Crippen LogP) is 3.25. The number of carbonyl (C=O) groups is 2. The number of benzene rings is 1. The van der Waals surface area contributed by atoms with Gasteiger partial charge in [-0.15, -0.1) is 11.3 Å². The molecule has 2 amide bonds. The summed E-state index contributed by atoms with van der Waals surface area (Å²) in [5, 5.41) is 5.70. The molecule has 0 aliphatic carbocycles. The molecule has 10 heteroatoms. The molecule has 0 radical (unpaired) electrons. The molecule has 0 atom stereocenters. The number of nitrogens with zero attached hydrogens (tertiary/aromatic N) is 3. The number of hydrogen-bond acceptors (Lipinski definition) is 5. The number of aromatic nitrogens is 2. The fourth-order valence-electron chi connectivity index (χ4n) is 2.54. The number of anilines is 1. The molecule has 3 rings (SSSR count). The number of amides is 2. The van der Waals surface area contributed by atoms with Gasteiger partial charge in [-0.1, -0.05) is 23.2 Å². The normalized spacial score (nSPS) is 10.8. The molecule has 2 heterocycles. The van der Waals surface area contributed by atoms with E-state index in [1.165, 1.54) is 40.2 Å². The summed E-state index contributed by atoms with van der Waals surface area (Å²) in [6.45, 7) is 0.0605. The molecule has 0 unspecified atom stereocenters. The standard InChI is InChI=1S/C18H16Cl2N4O3S/c1-23(9-15(25)22-11-2-3-13(19)14(20)8-11)16(26)4-6-24-10-21-17-12(18(24)27)5-7-28-17/h2-3,5,7-8,10H,4,6,9H2,1H3,(H,22,25). The van der Waals surface area contributed by atoms with Crippen LogP contribution in [0.25, 0.3) is 10.2 Å². The summed E-state index contributed by atoms with van der Waals surface area (Å²) in [4.78, 5) is 42.9. The highest BCUT2D eigenvalue weighted by molar-refractivity contribution is 7.16. The van der Waals surface area contributed by atoms with Gasteiger partial charge in [0.1, 0.15) is 4.83 Å². The Kier molecular flexibility index (Phi) is 6.33. The zero-order chi connectivity index (χ0) is 20.3. The van der Waals surface area contributed by atoms with E-state index in [0.29, 0.717) is 25.9 Å². The highest BCUT2D eigenvalue weighted by Crippen LogP contribution is 2.24. The van der Waals surface area contributed by atoms with Gasteiger partial charge in [-0.2, -0.15) is 0 Å². The maximum Gasteiger partial charge on any atom is 0.262 e. The zero-order valence-electron chi connectivity index (χ0n) is 14.8. The minimum atomic E-state index is -0.368. The quantitative estimate of drug-likeness (QED) is 0.639. The average Bonchev–Trinajstić information content (AvgIpc) is 3.13. The molecule has 0 aliphatic rings. The Morgan fingerprint density at radius 3 is 2.79 bits per heavy atom. The third kappa shape index (κ3) is 4.70. The first-order valence-electron chi connectivity index (χ1n) is 8.26. The van der Waals surface area contributed by atoms with Crippen LogP contribution in [-0.4, -0.2) is 39.9 Å². The number of carbonyl (C=O) groups excluding carboxylic acids is 2. The van der Waals surface area contributed by atoms with Gasteiger partial charge in [-0.3, -0.25) is 19.0 Å². The number of likely N-dealkylation sites (N-methyl/N-ethyl adjacent to an activating group) is 1. The minimum absolute atomic E-state index is 0.0772. The first-order chi connectivity index (χ1) is 13.3. The van der Waals surface area contributed by atoms with Crippen molar-refractivity contribution in [2.75, 3.05) is 18.9 Å². The number of halogens is 2. The Bertz CT molecular complexity index is 1100. The Labute approximate surface area is 174 Å². The van der Waals surface area contributed by atoms with E-state index < -0.39 is 0 Å². The van der Waals surface area contributed by atoms with Crippen LogP contribution in [0.1, 0.15) is 6.42 Å². The van der Waals surface area contributed by atoms with E-state index in [4.69, 9.17) is 23.2 Å². The van der Waals surface area contributed by atoms with E-state index in [9.17, 15) is 14.4 Å². The first-order valence-corrected chi connectivity index (χ1v) is 9.90. The summed E-state index contributed by atoms with van der Waals surface area (Å²) in [7, 11) is 1.53. The maximum absolute atomic E-state index is 12.3. The lowest BCUT2D eigenvalue weighted by Gasteiger charge is -2.17. The van der Waals surface area contributed by atoms with Crippen LogP contribution < -0.4 is 10.9 Å². The van der Waals surface area contributed by atoms with E-state index in [-0.39, 0.29) is 36.9 Å². The topological polar surface area (TPSA) is 84.3 Å². The summed E-state index contributed by atoms with van der Waals surface area (Å²) in [6, 6.07) is 6.44. The van der Waals surface area contributed by atoms with Crippen molar-refractivity contribution in [1.29, 1.82) is 0 Å². The molecule has 0 bridgehead atoms. The van der Waals surface area contributed by atoms with Gasteiger partial charge in [-0.25, -0.2) is 4.98 Å². The number of nitrogens with one attached hydrogen (secondary N) is 1. The molecule has 28 heavy (non-hydrogen) atoms. The smallest absolute Gasteiger partial charge is 0.262 e. The Morgan fingerprint density at radius 1 is 1.25 bits per heavy atom. The van der Waals surface area contributed by atoms with Crippen LogP contribution in [0.5, 0.6) is 0 Å². The lowest BCUT2D eigenvalue weighted by molar-refractivity contribution is -0.133. The van der Waals surface area contributed by atoms with Crippen molar-refractivity contribution < 1.29 is 9.59 Å². The molecule has 3 aromatic rings. The van der Waals surface area contributed by atoms with Crippen molar-refractivity contribution in [3.8, 4) is 0 Å². The highest BCUT2D eigenvalue weighted by Gasteiger charge is 2.14. The SMILES string of the molecule is CN(CC(=O)Nc1ccc(Cl)c(Cl)c1)C(=O)CCn1cnc2sccc2c1=O. The van der Waals surface area contributed by atoms with Gasteiger partial charge in [0.15, 0.2) is 0 Å². The number of hydrogen-bond donors (Lipinski definition) is 1. The van der Waals surface area contributed by atoms with Crippen molar-refractivity contribution in [1.82, 2.24) is 14.5 Å². The molecule has 1 aromatic carbocycles. The van der Waals surface area contributed by atoms with Crippen molar-refractivity contribution >= 4 is 62.3 Å². The summed E-state index contributed by atoms with van der Waals surface area (Å²) in [5.74, 6) is -0.630. The molecular weight excluding hydrogens is 423 g/mol. The van der Waals surface area contributed by atoms with Crippen LogP contribution in [-0.2, 0) is 16.1 Å². The van der Waals surface area contributed by atoms with Crippen molar-refractivity contribution in [3.05, 3.63) is 56.4 Å². The number of thiophene rings is 1. The molecule has 0 saturated carbocycles. The van der Waals surface area contributed by atoms with Crippen LogP contribution in [0, 0.1) is 0 Å². The van der Waals surface area contributed by atoms with Gasteiger partial charge in [0, 0.05) is 25.7 Å². The number of rotatable bonds is 6. The number of aryl methyl sites for hydroxylation is 1. The largest absolute Gasteiger partial charge is 0.336 e. The van der Waals surface area contributed by atoms with Crippen molar-refractivity contribution in [3.63, 3.8) is 0 Å². The molecule has 0 aliphatic heterocycles. The van der Waals surface area contributed by atoms with E-state index in [1.807, 2.05) is 0 Å². The molecule has 2 aromatic heterocycles. The summed E-state index contributed by atoms with van der Waals surface area (Å²) in [6.07, 6.45) is 1.51. The van der Waals surface area contributed by atoms with E-state index in [2.05, 4.69) is 10.3 Å². The lowest BCUT2D eigenvalue weighted by atomic mass is 10.3. The first kappa shape index (κ1) is 20.3. The van der Waals surface area contributed by atoms with Crippen LogP contribution in [0.2, 0.25) is 10.0 Å². The van der Waals surface area contributed by atoms with Crippen LogP contribution in [0.3, 0.4) is 0 Å². The van der Waals surface area contributed by atoms with Gasteiger partial charge in [0.25, 0.3) is 5.56 Å². The van der Waals surface area contributed by atoms with E-state index in [1.54, 1.807) is 23.6 Å². The molecule has 7 nitrogen and oxygen atoms in total. The fraction of sp³-hybridized carbons (Fsp3) is 0.222. The second-order valence-electron chi connectivity index (χ2n) is 6.06. The van der Waals surface area contributed by atoms with E-state index in [0.717, 1.165) is 0 Å². The second-order valence-corrected chi connectivity index (χ2v) is 7.77. The fourth-order valence-corrected chi connectivity index (χ4v) is 3.56. The Hall–Kier alpha value is -2.42. The van der Waals surface area contributed by atoms with Gasteiger partial charge >= 0.3 is 0 Å². The van der Waals surface area contributed by atoms with Crippen LogP contribution in [0.4, 0.5) is 5.69 Å². The molecule has 146 valence electrons. The maximum atomic E-state index is 12.3. The van der Waals surface area contributed by atoms with Crippen molar-refractivity contribution in [2.24, 2.45) is 0 Å². The summed E-state index contributed by atoms with van der Waals surface area (Å²) >= 11 is 13.1. The predicted molar refractivity (Wildman–Crippen MR) is 111 cm³/mol. The molecule has 1 N–H and O–H groups in total. The lowest BCUT2D eigenvalue weighted by Crippen LogP contribution is -2.35. The van der Waals surface area contributed by atoms with Gasteiger partial charge in [0.05, 0.1) is 28.3 Å². The molecule has 0 fully saturated rings. The highest BCUT2D eigenvalue weighted by atomic mass is 35.5. The number of fused-ring (bicyclic) bond motifs is 1. The average molecular weight is 439 g/mol. The third-order valence-corrected chi connectivity index (χ3v) is 5.59.